The van der Waals surface area contributed by atoms with Crippen LogP contribution >= 0.6 is 23.2 Å². The van der Waals surface area contributed by atoms with Gasteiger partial charge in [0, 0.05) is 17.4 Å². The van der Waals surface area contributed by atoms with Crippen LogP contribution in [-0.2, 0) is 0 Å². The number of nitrogens with one attached hydrogen (secondary N) is 1. The number of hydrogen-bond acceptors (Lipinski definition) is 1. The molecule has 5 heteroatoms. The Bertz CT molecular complexity index is 435. The molecule has 0 heterocycles. The van der Waals surface area contributed by atoms with Crippen molar-refractivity contribution >= 4 is 29.1 Å². The van der Waals surface area contributed by atoms with E-state index in [9.17, 15) is 9.18 Å². The predicted molar refractivity (Wildman–Crippen MR) is 72.9 cm³/mol. The zero-order valence-electron chi connectivity index (χ0n) is 10.4. The Morgan fingerprint density at radius 1 is 1.44 bits per heavy atom. The lowest BCUT2D eigenvalue weighted by molar-refractivity contribution is 0.0932. The van der Waals surface area contributed by atoms with Crippen LogP contribution in [0.15, 0.2) is 18.2 Å². The Balaban J connectivity index is 2.66. The van der Waals surface area contributed by atoms with E-state index in [2.05, 4.69) is 5.32 Å². The van der Waals surface area contributed by atoms with Crippen molar-refractivity contribution in [2.75, 3.05) is 12.4 Å². The molecule has 2 nitrogen and oxygen atoms in total. The Kier molecular flexibility index (Phi) is 5.42. The first-order chi connectivity index (χ1) is 8.35. The van der Waals surface area contributed by atoms with Gasteiger partial charge in [0.15, 0.2) is 0 Å². The fourth-order valence-corrected chi connectivity index (χ4v) is 2.10. The summed E-state index contributed by atoms with van der Waals surface area (Å²) in [5.74, 6) is -0.528. The highest BCUT2D eigenvalue weighted by atomic mass is 35.5. The highest BCUT2D eigenvalue weighted by molar-refractivity contribution is 6.30. The van der Waals surface area contributed by atoms with Crippen LogP contribution in [0.25, 0.3) is 0 Å². The summed E-state index contributed by atoms with van der Waals surface area (Å²) in [5.41, 5.74) is -0.110. The van der Waals surface area contributed by atoms with Crippen molar-refractivity contribution in [3.05, 3.63) is 34.6 Å². The van der Waals surface area contributed by atoms with Gasteiger partial charge in [-0.1, -0.05) is 25.4 Å². The van der Waals surface area contributed by atoms with Crippen molar-refractivity contribution in [3.8, 4) is 0 Å². The molecule has 0 unspecified atom stereocenters. The third-order valence-electron chi connectivity index (χ3n) is 2.67. The Labute approximate surface area is 116 Å². The number of carbonyl (C=O) groups excluding carboxylic acids is 1. The molecule has 0 aliphatic carbocycles. The van der Waals surface area contributed by atoms with Gasteiger partial charge in [0.1, 0.15) is 5.82 Å². The molecule has 0 aliphatic rings. The second kappa shape index (κ2) is 6.39. The minimum atomic E-state index is -0.616. The molecule has 1 aromatic rings. The minimum Gasteiger partial charge on any atom is -0.351 e. The van der Waals surface area contributed by atoms with Crippen molar-refractivity contribution < 1.29 is 9.18 Å². The summed E-state index contributed by atoms with van der Waals surface area (Å²) in [7, 11) is 0. The molecular formula is C13H16Cl2FNO. The molecule has 1 aromatic carbocycles. The number of rotatable bonds is 5. The van der Waals surface area contributed by atoms with Gasteiger partial charge in [-0.05, 0) is 30.0 Å². The van der Waals surface area contributed by atoms with Gasteiger partial charge >= 0.3 is 0 Å². The van der Waals surface area contributed by atoms with E-state index >= 15 is 0 Å². The van der Waals surface area contributed by atoms with Gasteiger partial charge in [-0.3, -0.25) is 4.79 Å². The van der Waals surface area contributed by atoms with Crippen molar-refractivity contribution in [3.63, 3.8) is 0 Å². The molecule has 100 valence electrons. The van der Waals surface area contributed by atoms with Gasteiger partial charge < -0.3 is 5.32 Å². The van der Waals surface area contributed by atoms with E-state index in [0.29, 0.717) is 12.4 Å². The molecule has 0 bridgehead atoms. The van der Waals surface area contributed by atoms with Crippen LogP contribution in [0.2, 0.25) is 5.02 Å². The molecule has 0 radical (unpaired) electrons. The third kappa shape index (κ3) is 4.46. The van der Waals surface area contributed by atoms with Crippen molar-refractivity contribution in [1.82, 2.24) is 5.32 Å². The standard InChI is InChI=1S/C13H16Cl2FNO/c1-13(2,5-6-14)8-17-12(18)10-4-3-9(15)7-11(10)16/h3-4,7H,5-6,8H2,1-2H3,(H,17,18). The Hall–Kier alpha value is -0.800. The van der Waals surface area contributed by atoms with E-state index in [4.69, 9.17) is 23.2 Å². The molecule has 0 saturated heterocycles. The van der Waals surface area contributed by atoms with E-state index in [0.717, 1.165) is 12.5 Å². The zero-order valence-corrected chi connectivity index (χ0v) is 11.9. The highest BCUT2D eigenvalue weighted by Gasteiger charge is 2.19. The minimum absolute atomic E-state index is 0.000994. The first-order valence-corrected chi connectivity index (χ1v) is 6.56. The Morgan fingerprint density at radius 3 is 2.67 bits per heavy atom. The van der Waals surface area contributed by atoms with E-state index in [1.807, 2.05) is 13.8 Å². The molecule has 18 heavy (non-hydrogen) atoms. The fourth-order valence-electron chi connectivity index (χ4n) is 1.43. The molecule has 1 rings (SSSR count). The number of carbonyl (C=O) groups is 1. The van der Waals surface area contributed by atoms with Crippen LogP contribution in [0.4, 0.5) is 4.39 Å². The topological polar surface area (TPSA) is 29.1 Å². The summed E-state index contributed by atoms with van der Waals surface area (Å²) in [6.45, 7) is 4.43. The van der Waals surface area contributed by atoms with Gasteiger partial charge in [0.25, 0.3) is 5.91 Å². The molecular weight excluding hydrogens is 276 g/mol. The normalized spacial score (nSPS) is 11.4. The van der Waals surface area contributed by atoms with Crippen molar-refractivity contribution in [2.45, 2.75) is 20.3 Å². The van der Waals surface area contributed by atoms with Crippen LogP contribution in [-0.4, -0.2) is 18.3 Å². The molecule has 0 saturated carbocycles. The van der Waals surface area contributed by atoms with Crippen LogP contribution < -0.4 is 5.32 Å². The largest absolute Gasteiger partial charge is 0.351 e. The molecule has 0 aromatic heterocycles. The summed E-state index contributed by atoms with van der Waals surface area (Å²) in [6.07, 6.45) is 0.776. The Morgan fingerprint density at radius 2 is 2.11 bits per heavy atom. The maximum Gasteiger partial charge on any atom is 0.254 e. The number of benzene rings is 1. The number of alkyl halides is 1. The second-order valence-electron chi connectivity index (χ2n) is 4.91. The number of amides is 1. The van der Waals surface area contributed by atoms with Crippen molar-refractivity contribution in [2.24, 2.45) is 5.41 Å². The zero-order chi connectivity index (χ0) is 13.8. The maximum atomic E-state index is 13.5. The summed E-state index contributed by atoms with van der Waals surface area (Å²) in [6, 6.07) is 3.99. The average molecular weight is 292 g/mol. The second-order valence-corrected chi connectivity index (χ2v) is 5.72. The maximum absolute atomic E-state index is 13.5. The number of hydrogen-bond donors (Lipinski definition) is 1. The first-order valence-electron chi connectivity index (χ1n) is 5.65. The quantitative estimate of drug-likeness (QED) is 0.820. The van der Waals surface area contributed by atoms with Gasteiger partial charge in [0.05, 0.1) is 5.56 Å². The summed E-state index contributed by atoms with van der Waals surface area (Å²) >= 11 is 11.3. The first kappa shape index (κ1) is 15.3. The van der Waals surface area contributed by atoms with Gasteiger partial charge in [-0.2, -0.15) is 0 Å². The lowest BCUT2D eigenvalue weighted by Gasteiger charge is -2.23. The molecule has 0 fully saturated rings. The predicted octanol–water partition coefficient (Wildman–Crippen LogP) is 3.86. The third-order valence-corrected chi connectivity index (χ3v) is 3.10. The average Bonchev–Trinajstić information content (AvgIpc) is 2.26. The van der Waals surface area contributed by atoms with Gasteiger partial charge in [-0.25, -0.2) is 4.39 Å². The lowest BCUT2D eigenvalue weighted by atomic mass is 9.90. The number of halogens is 3. The molecule has 1 N–H and O–H groups in total. The van der Waals surface area contributed by atoms with E-state index in [1.54, 1.807) is 0 Å². The summed E-state index contributed by atoms with van der Waals surface area (Å²) in [4.78, 5) is 11.8. The van der Waals surface area contributed by atoms with Crippen LogP contribution in [0.5, 0.6) is 0 Å². The fraction of sp³-hybridized carbons (Fsp3) is 0.462. The van der Waals surface area contributed by atoms with Crippen LogP contribution in [0.1, 0.15) is 30.6 Å². The smallest absolute Gasteiger partial charge is 0.254 e. The molecule has 1 amide bonds. The van der Waals surface area contributed by atoms with E-state index < -0.39 is 11.7 Å². The summed E-state index contributed by atoms with van der Waals surface area (Å²) in [5, 5.41) is 2.97. The van der Waals surface area contributed by atoms with E-state index in [-0.39, 0.29) is 16.0 Å². The van der Waals surface area contributed by atoms with Gasteiger partial charge in [-0.15, -0.1) is 11.6 Å². The highest BCUT2D eigenvalue weighted by Crippen LogP contribution is 2.20. The molecule has 0 aliphatic heterocycles. The molecule has 0 spiro atoms. The van der Waals surface area contributed by atoms with E-state index in [1.165, 1.54) is 12.1 Å². The summed E-state index contributed by atoms with van der Waals surface area (Å²) < 4.78 is 13.5. The monoisotopic (exact) mass is 291 g/mol. The van der Waals surface area contributed by atoms with Crippen LogP contribution in [0.3, 0.4) is 0 Å². The van der Waals surface area contributed by atoms with Crippen molar-refractivity contribution in [1.29, 1.82) is 0 Å². The molecule has 0 atom stereocenters. The SMILES string of the molecule is CC(C)(CCCl)CNC(=O)c1ccc(Cl)cc1F. The van der Waals surface area contributed by atoms with Gasteiger partial charge in [0.2, 0.25) is 0 Å². The van der Waals surface area contributed by atoms with Crippen LogP contribution in [0, 0.1) is 11.2 Å². The lowest BCUT2D eigenvalue weighted by Crippen LogP contribution is -2.34.